The van der Waals surface area contributed by atoms with E-state index in [4.69, 9.17) is 4.74 Å². The van der Waals surface area contributed by atoms with Crippen LogP contribution in [0.5, 0.6) is 5.88 Å². The van der Waals surface area contributed by atoms with Gasteiger partial charge in [-0.25, -0.2) is 22.8 Å². The van der Waals surface area contributed by atoms with Gasteiger partial charge < -0.3 is 4.74 Å². The zero-order chi connectivity index (χ0) is 19.4. The van der Waals surface area contributed by atoms with Crippen LogP contribution in [0.4, 0.5) is 0 Å². The average molecular weight is 401 g/mol. The molecular weight excluding hydrogens is 378 g/mol. The van der Waals surface area contributed by atoms with E-state index in [0.717, 1.165) is 42.3 Å². The minimum atomic E-state index is -3.49. The molecule has 3 aromatic rings. The van der Waals surface area contributed by atoms with Crippen LogP contribution in [0.3, 0.4) is 0 Å². The molecule has 2 aromatic heterocycles. The molecule has 9 heteroatoms. The highest BCUT2D eigenvalue weighted by atomic mass is 32.2. The Kier molecular flexibility index (Phi) is 5.54. The normalized spacial score (nSPS) is 15.3. The van der Waals surface area contributed by atoms with Crippen LogP contribution in [-0.4, -0.2) is 40.3 Å². The van der Waals surface area contributed by atoms with Gasteiger partial charge in [-0.3, -0.25) is 0 Å². The Morgan fingerprint density at radius 2 is 1.96 bits per heavy atom. The van der Waals surface area contributed by atoms with Crippen molar-refractivity contribution in [2.75, 3.05) is 5.75 Å². The predicted molar refractivity (Wildman–Crippen MR) is 105 cm³/mol. The zero-order valence-corrected chi connectivity index (χ0v) is 16.3. The first-order chi connectivity index (χ1) is 13.6. The molecule has 1 fully saturated rings. The lowest BCUT2D eigenvalue weighted by molar-refractivity contribution is 0.199. The molecule has 1 aliphatic rings. The van der Waals surface area contributed by atoms with Crippen molar-refractivity contribution in [2.24, 2.45) is 0 Å². The number of nitrogens with zero attached hydrogens (tertiary/aromatic N) is 4. The average Bonchev–Trinajstić information content (AvgIpc) is 3.36. The minimum absolute atomic E-state index is 0.0839. The van der Waals surface area contributed by atoms with Gasteiger partial charge in [-0.2, -0.15) is 0 Å². The van der Waals surface area contributed by atoms with Crippen LogP contribution >= 0.6 is 0 Å². The molecule has 8 nitrogen and oxygen atoms in total. The van der Waals surface area contributed by atoms with Crippen molar-refractivity contribution in [3.05, 3.63) is 48.2 Å². The fourth-order valence-corrected chi connectivity index (χ4v) is 4.31. The van der Waals surface area contributed by atoms with E-state index < -0.39 is 10.0 Å². The number of ether oxygens (including phenoxy) is 1. The molecule has 0 amide bonds. The number of aryl methyl sites for hydroxylation is 1. The largest absolute Gasteiger partial charge is 0.474 e. The Balaban J connectivity index is 1.37. The fraction of sp³-hybridized carbons (Fsp3) is 0.421. The molecule has 1 saturated carbocycles. The van der Waals surface area contributed by atoms with Gasteiger partial charge in [0.05, 0.1) is 17.8 Å². The fourth-order valence-electron chi connectivity index (χ4n) is 3.38. The molecule has 0 aliphatic heterocycles. The van der Waals surface area contributed by atoms with Crippen molar-refractivity contribution in [2.45, 2.75) is 44.9 Å². The number of fused-ring (bicyclic) bond motifs is 1. The number of nitrogens with one attached hydrogen (secondary N) is 1. The number of rotatable bonds is 8. The molecule has 0 atom stereocenters. The van der Waals surface area contributed by atoms with E-state index in [1.54, 1.807) is 16.9 Å². The van der Waals surface area contributed by atoms with Gasteiger partial charge in [0, 0.05) is 18.3 Å². The molecule has 0 radical (unpaired) electrons. The first kappa shape index (κ1) is 18.8. The van der Waals surface area contributed by atoms with Crippen LogP contribution in [0, 0.1) is 0 Å². The Morgan fingerprint density at radius 3 is 2.82 bits per heavy atom. The van der Waals surface area contributed by atoms with Gasteiger partial charge in [-0.05, 0) is 43.9 Å². The minimum Gasteiger partial charge on any atom is -0.474 e. The molecule has 0 saturated heterocycles. The molecule has 0 spiro atoms. The van der Waals surface area contributed by atoms with Crippen LogP contribution in [-0.2, 0) is 23.1 Å². The summed E-state index contributed by atoms with van der Waals surface area (Å²) in [5, 5.41) is 8.08. The molecule has 148 valence electrons. The summed E-state index contributed by atoms with van der Waals surface area (Å²) in [6, 6.07) is 11.1. The molecule has 1 N–H and O–H groups in total. The maximum absolute atomic E-state index is 12.5. The summed E-state index contributed by atoms with van der Waals surface area (Å²) in [5.74, 6) is 0.429. The molecular formula is C19H23N5O3S. The van der Waals surface area contributed by atoms with E-state index in [2.05, 4.69) is 20.0 Å². The summed E-state index contributed by atoms with van der Waals surface area (Å²) in [6.45, 7) is 0.380. The number of aromatic nitrogens is 4. The van der Waals surface area contributed by atoms with Crippen molar-refractivity contribution in [1.29, 1.82) is 0 Å². The quantitative estimate of drug-likeness (QED) is 0.622. The monoisotopic (exact) mass is 401 g/mol. The summed E-state index contributed by atoms with van der Waals surface area (Å²) >= 11 is 0. The molecule has 28 heavy (non-hydrogen) atoms. The summed E-state index contributed by atoms with van der Waals surface area (Å²) in [7, 11) is -3.49. The van der Waals surface area contributed by atoms with Crippen molar-refractivity contribution >= 4 is 21.1 Å². The second-order valence-electron chi connectivity index (χ2n) is 6.93. The van der Waals surface area contributed by atoms with E-state index in [9.17, 15) is 8.42 Å². The third-order valence-electron chi connectivity index (χ3n) is 4.91. The molecule has 0 unspecified atom stereocenters. The van der Waals surface area contributed by atoms with Gasteiger partial charge in [-0.1, -0.05) is 23.4 Å². The summed E-state index contributed by atoms with van der Waals surface area (Å²) in [4.78, 5) is 4.28. The van der Waals surface area contributed by atoms with E-state index in [1.165, 1.54) is 0 Å². The number of benzene rings is 1. The SMILES string of the molecule is O=S(=O)(CCn1nnc2ccccc21)NCc1cccnc1OC1CCCC1. The Hall–Kier alpha value is -2.52. The maximum Gasteiger partial charge on any atom is 0.218 e. The molecule has 2 heterocycles. The smallest absolute Gasteiger partial charge is 0.218 e. The summed E-state index contributed by atoms with van der Waals surface area (Å²) < 4.78 is 35.1. The number of para-hydroxylation sites is 1. The van der Waals surface area contributed by atoms with Gasteiger partial charge in [-0.15, -0.1) is 5.10 Å². The van der Waals surface area contributed by atoms with E-state index in [-0.39, 0.29) is 24.9 Å². The number of pyridine rings is 1. The lowest BCUT2D eigenvalue weighted by atomic mass is 10.2. The van der Waals surface area contributed by atoms with Gasteiger partial charge in [0.15, 0.2) is 0 Å². The topological polar surface area (TPSA) is 99.0 Å². The number of hydrogen-bond donors (Lipinski definition) is 1. The Labute approximate surface area is 164 Å². The van der Waals surface area contributed by atoms with Crippen molar-refractivity contribution in [3.8, 4) is 5.88 Å². The third-order valence-corrected chi connectivity index (χ3v) is 6.21. The lowest BCUT2D eigenvalue weighted by Crippen LogP contribution is -2.28. The Morgan fingerprint density at radius 1 is 1.14 bits per heavy atom. The van der Waals surface area contributed by atoms with Crippen molar-refractivity contribution in [3.63, 3.8) is 0 Å². The van der Waals surface area contributed by atoms with Gasteiger partial charge in [0.1, 0.15) is 11.6 Å². The van der Waals surface area contributed by atoms with E-state index in [0.29, 0.717) is 5.88 Å². The molecule has 4 rings (SSSR count). The highest BCUT2D eigenvalue weighted by Gasteiger charge is 2.19. The van der Waals surface area contributed by atoms with Crippen LogP contribution in [0.2, 0.25) is 0 Å². The lowest BCUT2D eigenvalue weighted by Gasteiger charge is -2.15. The second-order valence-corrected chi connectivity index (χ2v) is 8.86. The van der Waals surface area contributed by atoms with Crippen molar-refractivity contribution < 1.29 is 13.2 Å². The highest BCUT2D eigenvalue weighted by Crippen LogP contribution is 2.25. The molecule has 1 aliphatic carbocycles. The zero-order valence-electron chi connectivity index (χ0n) is 15.5. The number of hydrogen-bond acceptors (Lipinski definition) is 6. The third kappa shape index (κ3) is 4.48. The van der Waals surface area contributed by atoms with Gasteiger partial charge >= 0.3 is 0 Å². The molecule has 0 bridgehead atoms. The predicted octanol–water partition coefficient (Wildman–Crippen LogP) is 2.27. The van der Waals surface area contributed by atoms with Crippen LogP contribution in [0.15, 0.2) is 42.6 Å². The first-order valence-corrected chi connectivity index (χ1v) is 11.1. The highest BCUT2D eigenvalue weighted by molar-refractivity contribution is 7.89. The van der Waals surface area contributed by atoms with Crippen LogP contribution in [0.25, 0.3) is 11.0 Å². The van der Waals surface area contributed by atoms with Crippen molar-refractivity contribution in [1.82, 2.24) is 24.7 Å². The standard InChI is InChI=1S/C19H23N5O3S/c25-28(26,13-12-24-18-10-4-3-9-17(18)22-23-24)21-14-15-6-5-11-20-19(15)27-16-7-1-2-8-16/h3-6,9-11,16,21H,1-2,7-8,12-14H2. The first-order valence-electron chi connectivity index (χ1n) is 9.47. The van der Waals surface area contributed by atoms with Gasteiger partial charge in [0.2, 0.25) is 15.9 Å². The van der Waals surface area contributed by atoms with Crippen LogP contribution in [0.1, 0.15) is 31.2 Å². The van der Waals surface area contributed by atoms with E-state index >= 15 is 0 Å². The van der Waals surface area contributed by atoms with E-state index in [1.807, 2.05) is 30.3 Å². The summed E-state index contributed by atoms with van der Waals surface area (Å²) in [5.41, 5.74) is 2.30. The second kappa shape index (κ2) is 8.24. The van der Waals surface area contributed by atoms with Gasteiger partial charge in [0.25, 0.3) is 0 Å². The summed E-state index contributed by atoms with van der Waals surface area (Å²) in [6.07, 6.45) is 6.21. The molecule has 1 aromatic carbocycles. The number of sulfonamides is 1. The van der Waals surface area contributed by atoms with Crippen LogP contribution < -0.4 is 9.46 Å². The Bertz CT molecular complexity index is 1040. The maximum atomic E-state index is 12.5.